The van der Waals surface area contributed by atoms with Crippen LogP contribution in [0.25, 0.3) is 33.1 Å². The number of phenols is 1. The molecule has 44 heavy (non-hydrogen) atoms. The number of nitrogens with zero attached hydrogens (tertiary/aromatic N) is 5. The van der Waals surface area contributed by atoms with Gasteiger partial charge in [-0.15, -0.1) is 6.42 Å². The molecule has 3 aliphatic heterocycles. The predicted octanol–water partition coefficient (Wildman–Crippen LogP) is 4.81. The molecule has 4 fully saturated rings. The highest BCUT2D eigenvalue weighted by molar-refractivity contribution is 6.02. The Hall–Kier alpha value is -4.07. The summed E-state index contributed by atoms with van der Waals surface area (Å²) in [7, 11) is 0. The van der Waals surface area contributed by atoms with E-state index in [-0.39, 0.29) is 22.7 Å². The highest BCUT2D eigenvalue weighted by Gasteiger charge is 2.46. The third-order valence-electron chi connectivity index (χ3n) is 9.75. The van der Waals surface area contributed by atoms with Crippen molar-refractivity contribution in [3.05, 3.63) is 47.8 Å². The molecule has 1 aliphatic carbocycles. The van der Waals surface area contributed by atoms with Gasteiger partial charge in [-0.25, -0.2) is 13.8 Å². The van der Waals surface area contributed by atoms with Crippen LogP contribution in [-0.4, -0.2) is 82.5 Å². The van der Waals surface area contributed by atoms with Crippen LogP contribution in [0.5, 0.6) is 11.8 Å². The van der Waals surface area contributed by atoms with E-state index >= 15 is 0 Å². The van der Waals surface area contributed by atoms with E-state index in [1.54, 1.807) is 18.2 Å². The molecule has 4 aromatic rings. The Morgan fingerprint density at radius 1 is 1.05 bits per heavy atom. The first-order valence-electron chi connectivity index (χ1n) is 15.5. The smallest absolute Gasteiger partial charge is 0.320 e. The molecular weight excluding hydrogens is 562 g/mol. The Morgan fingerprint density at radius 3 is 2.59 bits per heavy atom. The first-order chi connectivity index (χ1) is 21.4. The molecule has 3 saturated heterocycles. The van der Waals surface area contributed by atoms with Crippen LogP contribution in [0.2, 0.25) is 0 Å². The first kappa shape index (κ1) is 27.5. The van der Waals surface area contributed by atoms with E-state index in [4.69, 9.17) is 26.1 Å². The number of likely N-dealkylation sites (tertiary alicyclic amines) is 1. The maximum absolute atomic E-state index is 14.8. The molecule has 2 bridgehead atoms. The number of terminal acetylenes is 1. The topological polar surface area (TPSA) is 86.6 Å². The van der Waals surface area contributed by atoms with Gasteiger partial charge in [0.05, 0.1) is 23.3 Å². The van der Waals surface area contributed by atoms with E-state index in [9.17, 15) is 13.9 Å². The summed E-state index contributed by atoms with van der Waals surface area (Å²) in [5.74, 6) is 2.78. The molecule has 2 N–H and O–H groups in total. The molecule has 3 atom stereocenters. The number of piperazine rings is 1. The number of nitrogens with one attached hydrogen (secondary N) is 1. The van der Waals surface area contributed by atoms with Gasteiger partial charge in [-0.1, -0.05) is 12.0 Å². The number of anilines is 1. The molecular formula is C34H34F2N6O2. The van der Waals surface area contributed by atoms with Crippen molar-refractivity contribution >= 4 is 27.6 Å². The molecule has 2 aromatic heterocycles. The van der Waals surface area contributed by atoms with Crippen LogP contribution < -0.4 is 15.0 Å². The molecule has 0 amide bonds. The monoisotopic (exact) mass is 596 g/mol. The molecule has 0 radical (unpaired) electrons. The second kappa shape index (κ2) is 10.5. The average Bonchev–Trinajstić information content (AvgIpc) is 3.54. The summed E-state index contributed by atoms with van der Waals surface area (Å²) in [6.07, 6.45) is 9.91. The van der Waals surface area contributed by atoms with Gasteiger partial charge in [-0.2, -0.15) is 9.97 Å². The van der Waals surface area contributed by atoms with Gasteiger partial charge in [0.25, 0.3) is 0 Å². The molecule has 0 spiro atoms. The van der Waals surface area contributed by atoms with Crippen molar-refractivity contribution in [2.75, 3.05) is 44.2 Å². The zero-order valence-electron chi connectivity index (χ0n) is 24.4. The lowest BCUT2D eigenvalue weighted by molar-refractivity contribution is 0.165. The highest BCUT2D eigenvalue weighted by Crippen LogP contribution is 2.47. The standard InChI is InChI=1S/C34H34F2N6O2/c1-2-25-28(36)7-3-20-13-24(43)14-27(30(20)25)29-8-6-26-31(38-29)39-33(40-32(26)42-16-22-4-5-23(17-42)37-22)44-19-34(10-11-34)18-41-12-9-21(35)15-41/h1,3,6-8,13-14,21-23,37,43H,4-5,9-12,15-19H2/t21-,22?,23?/m1/s1. The lowest BCUT2D eigenvalue weighted by atomic mass is 9.96. The zero-order valence-corrected chi connectivity index (χ0v) is 24.4. The zero-order chi connectivity index (χ0) is 30.0. The number of hydrogen-bond donors (Lipinski definition) is 2. The van der Waals surface area contributed by atoms with E-state index in [0.717, 1.165) is 63.1 Å². The van der Waals surface area contributed by atoms with Gasteiger partial charge in [0.15, 0.2) is 5.65 Å². The summed E-state index contributed by atoms with van der Waals surface area (Å²) < 4.78 is 34.9. The van der Waals surface area contributed by atoms with E-state index in [1.165, 1.54) is 6.07 Å². The Balaban J connectivity index is 1.19. The molecule has 10 heteroatoms. The number of pyridine rings is 1. The molecule has 4 aliphatic rings. The van der Waals surface area contributed by atoms with Gasteiger partial charge in [0.2, 0.25) is 0 Å². The number of fused-ring (bicyclic) bond motifs is 4. The van der Waals surface area contributed by atoms with Crippen LogP contribution >= 0.6 is 0 Å². The van der Waals surface area contributed by atoms with Crippen molar-refractivity contribution in [1.82, 2.24) is 25.2 Å². The summed E-state index contributed by atoms with van der Waals surface area (Å²) in [5.41, 5.74) is 1.58. The van der Waals surface area contributed by atoms with Gasteiger partial charge >= 0.3 is 6.01 Å². The number of alkyl halides is 1. The maximum Gasteiger partial charge on any atom is 0.320 e. The Morgan fingerprint density at radius 2 is 1.86 bits per heavy atom. The fourth-order valence-corrected chi connectivity index (χ4v) is 7.31. The number of benzene rings is 2. The number of aromatic hydroxyl groups is 1. The molecule has 226 valence electrons. The number of ether oxygens (including phenoxy) is 1. The minimum Gasteiger partial charge on any atom is -0.508 e. The SMILES string of the molecule is C#Cc1c(F)ccc2cc(O)cc(-c3ccc4c(N5CC6CCC(C5)N6)nc(OCC5(CN6CC[C@@H](F)C6)CC5)nc4n3)c12. The molecule has 8 nitrogen and oxygen atoms in total. The largest absolute Gasteiger partial charge is 0.508 e. The Labute approximate surface area is 254 Å². The fourth-order valence-electron chi connectivity index (χ4n) is 7.31. The van der Waals surface area contributed by atoms with E-state index in [2.05, 4.69) is 21.0 Å². The van der Waals surface area contributed by atoms with E-state index in [0.29, 0.717) is 59.3 Å². The number of aromatic nitrogens is 3. The summed E-state index contributed by atoms with van der Waals surface area (Å²) in [5, 5.41) is 16.1. The molecule has 5 heterocycles. The third-order valence-corrected chi connectivity index (χ3v) is 9.75. The normalized spacial score (nSPS) is 24.2. The van der Waals surface area contributed by atoms with Gasteiger partial charge in [0, 0.05) is 61.2 Å². The van der Waals surface area contributed by atoms with Crippen molar-refractivity contribution in [1.29, 1.82) is 0 Å². The van der Waals surface area contributed by atoms with E-state index in [1.807, 2.05) is 12.1 Å². The molecule has 2 unspecified atom stereocenters. The second-order valence-corrected chi connectivity index (χ2v) is 13.0. The Bertz CT molecular complexity index is 1810. The quantitative estimate of drug-likeness (QED) is 0.294. The Kier molecular flexibility index (Phi) is 6.58. The minimum absolute atomic E-state index is 0.0118. The average molecular weight is 597 g/mol. The van der Waals surface area contributed by atoms with Crippen LogP contribution in [0.3, 0.4) is 0 Å². The number of rotatable bonds is 7. The summed E-state index contributed by atoms with van der Waals surface area (Å²) >= 11 is 0. The van der Waals surface area contributed by atoms with Crippen LogP contribution in [0.15, 0.2) is 36.4 Å². The van der Waals surface area contributed by atoms with Crippen molar-refractivity contribution in [2.24, 2.45) is 5.41 Å². The first-order valence-corrected chi connectivity index (χ1v) is 15.5. The van der Waals surface area contributed by atoms with Crippen molar-refractivity contribution < 1.29 is 18.6 Å². The fraction of sp³-hybridized carbons (Fsp3) is 0.441. The van der Waals surface area contributed by atoms with Gasteiger partial charge in [0.1, 0.15) is 23.6 Å². The number of halogens is 2. The third kappa shape index (κ3) is 4.98. The van der Waals surface area contributed by atoms with Crippen molar-refractivity contribution in [3.63, 3.8) is 0 Å². The summed E-state index contributed by atoms with van der Waals surface area (Å²) in [6, 6.07) is 10.9. The van der Waals surface area contributed by atoms with Crippen molar-refractivity contribution in [3.8, 4) is 35.4 Å². The number of hydrogen-bond acceptors (Lipinski definition) is 8. The van der Waals surface area contributed by atoms with Crippen LogP contribution in [0, 0.1) is 23.6 Å². The van der Waals surface area contributed by atoms with Gasteiger partial charge in [-0.3, -0.25) is 4.90 Å². The van der Waals surface area contributed by atoms with Gasteiger partial charge in [-0.05, 0) is 67.8 Å². The lowest BCUT2D eigenvalue weighted by Gasteiger charge is -2.34. The molecule has 2 aromatic carbocycles. The maximum atomic E-state index is 14.8. The summed E-state index contributed by atoms with van der Waals surface area (Å²) in [4.78, 5) is 19.1. The van der Waals surface area contributed by atoms with Crippen LogP contribution in [0.4, 0.5) is 14.6 Å². The second-order valence-electron chi connectivity index (χ2n) is 13.0. The predicted molar refractivity (Wildman–Crippen MR) is 165 cm³/mol. The number of phenolic OH excluding ortho intramolecular Hbond substituents is 1. The highest BCUT2D eigenvalue weighted by atomic mass is 19.1. The minimum atomic E-state index is -0.746. The van der Waals surface area contributed by atoms with Crippen LogP contribution in [-0.2, 0) is 0 Å². The van der Waals surface area contributed by atoms with Crippen LogP contribution in [0.1, 0.15) is 37.7 Å². The van der Waals surface area contributed by atoms with Crippen molar-refractivity contribution in [2.45, 2.75) is 50.4 Å². The molecule has 8 rings (SSSR count). The lowest BCUT2D eigenvalue weighted by Crippen LogP contribution is -2.51. The van der Waals surface area contributed by atoms with E-state index < -0.39 is 12.0 Å². The van der Waals surface area contributed by atoms with Gasteiger partial charge < -0.3 is 20.1 Å². The molecule has 1 saturated carbocycles. The summed E-state index contributed by atoms with van der Waals surface area (Å²) in [6.45, 7) is 4.21.